The van der Waals surface area contributed by atoms with Crippen LogP contribution in [0.5, 0.6) is 0 Å². The number of hydrogen-bond acceptors (Lipinski definition) is 15. The Morgan fingerprint density at radius 2 is 0.412 bits per heavy atom. The number of aliphatic hydroxyl groups is 1. The summed E-state index contributed by atoms with van der Waals surface area (Å²) in [6.07, 6.45) is 60.0. The predicted molar refractivity (Wildman–Crippen MR) is 418 cm³/mol. The molecule has 0 saturated heterocycles. The molecule has 0 aliphatic carbocycles. The Morgan fingerprint density at radius 3 is 0.608 bits per heavy atom. The van der Waals surface area contributed by atoms with E-state index in [0.29, 0.717) is 31.6 Å². The van der Waals surface area contributed by atoms with Crippen molar-refractivity contribution in [1.82, 2.24) is 0 Å². The molecule has 0 aliphatic heterocycles. The molecule has 2 unspecified atom stereocenters. The van der Waals surface area contributed by atoms with E-state index in [1.807, 2.05) is 0 Å². The molecule has 0 heterocycles. The molecule has 606 valence electrons. The van der Waals surface area contributed by atoms with E-state index in [2.05, 4.69) is 55.4 Å². The third-order valence-electron chi connectivity index (χ3n) is 19.3. The Morgan fingerprint density at radius 1 is 0.245 bits per heavy atom. The first kappa shape index (κ1) is 100. The summed E-state index contributed by atoms with van der Waals surface area (Å²) in [5, 5.41) is 10.6. The van der Waals surface area contributed by atoms with Crippen LogP contribution in [0.15, 0.2) is 0 Å². The standard InChI is InChI=1S/C83H162O17P2/c1-73(2)59-51-43-35-29-23-19-15-11-9-10-12-17-21-25-32-38-47-55-63-80(85)93-69-78(99-82(87)65-57-49-39-33-26-22-18-14-13-16-20-24-30-36-44-52-60-74(3)4)71-97-101(89,90)95-67-77(84)68-96-102(91,92)98-72-79(70-94-81(86)64-56-48-42-41-46-54-62-76(7)8)100-83(88)66-58-50-40-34-28-27-31-37-45-53-61-75(5)6/h73-79,84H,9-72H2,1-8H3,(H,89,90)(H,91,92)/t77-,78-,79-/m1/s1. The average Bonchev–Trinajstić information content (AvgIpc) is 0.910. The lowest BCUT2D eigenvalue weighted by molar-refractivity contribution is -0.161. The Hall–Kier alpha value is -1.94. The van der Waals surface area contributed by atoms with Crippen molar-refractivity contribution in [2.24, 2.45) is 23.7 Å². The molecule has 0 fully saturated rings. The van der Waals surface area contributed by atoms with Crippen molar-refractivity contribution in [3.8, 4) is 0 Å². The molecule has 0 amide bonds. The number of aliphatic hydroxyl groups excluding tert-OH is 1. The highest BCUT2D eigenvalue weighted by molar-refractivity contribution is 7.47. The number of hydrogen-bond donors (Lipinski definition) is 3. The fourth-order valence-electron chi connectivity index (χ4n) is 12.8. The van der Waals surface area contributed by atoms with Gasteiger partial charge in [0.15, 0.2) is 12.2 Å². The molecule has 0 rings (SSSR count). The van der Waals surface area contributed by atoms with Crippen molar-refractivity contribution in [2.75, 3.05) is 39.6 Å². The zero-order valence-electron chi connectivity index (χ0n) is 67.2. The highest BCUT2D eigenvalue weighted by Crippen LogP contribution is 2.45. The van der Waals surface area contributed by atoms with Crippen LogP contribution in [0, 0.1) is 23.7 Å². The second-order valence-corrected chi connectivity index (χ2v) is 34.7. The predicted octanol–water partition coefficient (Wildman–Crippen LogP) is 24.8. The topological polar surface area (TPSA) is 237 Å². The normalized spacial score (nSPS) is 14.0. The number of phosphoric ester groups is 2. The molecule has 0 bridgehead atoms. The van der Waals surface area contributed by atoms with E-state index in [-0.39, 0.29) is 25.7 Å². The maximum Gasteiger partial charge on any atom is 0.472 e. The quantitative estimate of drug-likeness (QED) is 0.0222. The van der Waals surface area contributed by atoms with Crippen LogP contribution in [0.3, 0.4) is 0 Å². The molecule has 0 radical (unpaired) electrons. The van der Waals surface area contributed by atoms with Crippen LogP contribution in [0.2, 0.25) is 0 Å². The Bertz CT molecular complexity index is 1990. The molecule has 0 aromatic rings. The van der Waals surface area contributed by atoms with Crippen molar-refractivity contribution >= 4 is 39.5 Å². The molecule has 0 aromatic carbocycles. The van der Waals surface area contributed by atoms with Gasteiger partial charge in [0.1, 0.15) is 19.3 Å². The lowest BCUT2D eigenvalue weighted by Gasteiger charge is -2.21. The van der Waals surface area contributed by atoms with E-state index in [0.717, 1.165) is 114 Å². The number of carbonyl (C=O) groups excluding carboxylic acids is 4. The van der Waals surface area contributed by atoms with Gasteiger partial charge in [-0.2, -0.15) is 0 Å². The summed E-state index contributed by atoms with van der Waals surface area (Å²) < 4.78 is 68.7. The number of carbonyl (C=O) groups is 4. The van der Waals surface area contributed by atoms with Gasteiger partial charge in [-0.05, 0) is 49.4 Å². The Balaban J connectivity index is 5.20. The molecule has 5 atom stereocenters. The summed E-state index contributed by atoms with van der Waals surface area (Å²) in [7, 11) is -9.92. The van der Waals surface area contributed by atoms with Gasteiger partial charge in [-0.15, -0.1) is 0 Å². The third kappa shape index (κ3) is 76.3. The van der Waals surface area contributed by atoms with Crippen LogP contribution in [0.25, 0.3) is 0 Å². The highest BCUT2D eigenvalue weighted by Gasteiger charge is 2.30. The molecule has 0 spiro atoms. The second-order valence-electron chi connectivity index (χ2n) is 31.8. The maximum absolute atomic E-state index is 13.1. The van der Waals surface area contributed by atoms with Crippen molar-refractivity contribution in [2.45, 2.75) is 446 Å². The number of ether oxygens (including phenoxy) is 4. The summed E-state index contributed by atoms with van der Waals surface area (Å²) in [4.78, 5) is 73.0. The maximum atomic E-state index is 13.1. The van der Waals surface area contributed by atoms with Crippen molar-refractivity contribution in [3.05, 3.63) is 0 Å². The molecule has 17 nitrogen and oxygen atoms in total. The zero-order chi connectivity index (χ0) is 75.3. The van der Waals surface area contributed by atoms with Crippen molar-refractivity contribution < 1.29 is 80.2 Å². The first-order valence-electron chi connectivity index (χ1n) is 42.7. The van der Waals surface area contributed by atoms with E-state index in [4.69, 9.17) is 37.0 Å². The van der Waals surface area contributed by atoms with Gasteiger partial charge >= 0.3 is 39.5 Å². The van der Waals surface area contributed by atoms with E-state index in [1.165, 1.54) is 225 Å². The fourth-order valence-corrected chi connectivity index (χ4v) is 14.4. The number of rotatable bonds is 80. The number of phosphoric acid groups is 2. The largest absolute Gasteiger partial charge is 0.472 e. The summed E-state index contributed by atoms with van der Waals surface area (Å²) in [6.45, 7) is 14.2. The summed E-state index contributed by atoms with van der Waals surface area (Å²) >= 11 is 0. The van der Waals surface area contributed by atoms with Gasteiger partial charge in [0.05, 0.1) is 26.4 Å². The van der Waals surface area contributed by atoms with Crippen LogP contribution >= 0.6 is 15.6 Å². The van der Waals surface area contributed by atoms with Crippen LogP contribution in [-0.4, -0.2) is 96.7 Å². The molecule has 0 aliphatic rings. The minimum atomic E-state index is -4.96. The van der Waals surface area contributed by atoms with Gasteiger partial charge in [-0.1, -0.05) is 376 Å². The smallest absolute Gasteiger partial charge is 0.462 e. The van der Waals surface area contributed by atoms with E-state index < -0.39 is 97.5 Å². The van der Waals surface area contributed by atoms with Gasteiger partial charge < -0.3 is 33.8 Å². The number of esters is 4. The van der Waals surface area contributed by atoms with Crippen molar-refractivity contribution in [3.63, 3.8) is 0 Å². The van der Waals surface area contributed by atoms with Gasteiger partial charge in [-0.25, -0.2) is 9.13 Å². The van der Waals surface area contributed by atoms with Crippen LogP contribution < -0.4 is 0 Å². The third-order valence-corrected chi connectivity index (χ3v) is 21.2. The first-order valence-corrected chi connectivity index (χ1v) is 45.7. The first-order chi connectivity index (χ1) is 49.1. The summed E-state index contributed by atoms with van der Waals surface area (Å²) in [5.74, 6) is 0.949. The molecule has 0 aromatic heterocycles. The molecular weight excluding hydrogens is 1330 g/mol. The zero-order valence-corrected chi connectivity index (χ0v) is 69.0. The van der Waals surface area contributed by atoms with E-state index in [9.17, 15) is 43.2 Å². The van der Waals surface area contributed by atoms with Crippen LogP contribution in [0.1, 0.15) is 428 Å². The van der Waals surface area contributed by atoms with Gasteiger partial charge in [-0.3, -0.25) is 37.3 Å². The van der Waals surface area contributed by atoms with Crippen molar-refractivity contribution in [1.29, 1.82) is 0 Å². The SMILES string of the molecule is CC(C)CCCCCCCCCCCCCCCCCCCCC(=O)OC[C@H](COP(=O)(O)OC[C@@H](O)COP(=O)(O)OC[C@@H](COC(=O)CCCCCCCCC(C)C)OC(=O)CCCCCCCCCCCCC(C)C)OC(=O)CCCCCCCCCCCCCCCCCCC(C)C. The molecule has 3 N–H and O–H groups in total. The van der Waals surface area contributed by atoms with Gasteiger partial charge in [0.2, 0.25) is 0 Å². The Kier molecular flexibility index (Phi) is 70.6. The second kappa shape index (κ2) is 72.0. The fraction of sp³-hybridized carbons (Fsp3) is 0.952. The molecule has 102 heavy (non-hydrogen) atoms. The minimum Gasteiger partial charge on any atom is -0.462 e. The van der Waals surface area contributed by atoms with E-state index in [1.54, 1.807) is 0 Å². The monoisotopic (exact) mass is 1490 g/mol. The average molecular weight is 1490 g/mol. The Labute approximate surface area is 626 Å². The summed E-state index contributed by atoms with van der Waals surface area (Å²) in [5.41, 5.74) is 0. The lowest BCUT2D eigenvalue weighted by Crippen LogP contribution is -2.30. The lowest BCUT2D eigenvalue weighted by atomic mass is 10.0. The molecule has 0 saturated carbocycles. The summed E-state index contributed by atoms with van der Waals surface area (Å²) in [6, 6.07) is 0. The minimum absolute atomic E-state index is 0.105. The number of unbranched alkanes of at least 4 members (excludes halogenated alkanes) is 46. The van der Waals surface area contributed by atoms with E-state index >= 15 is 0 Å². The molecular formula is C83H162O17P2. The highest BCUT2D eigenvalue weighted by atomic mass is 31.2. The van der Waals surface area contributed by atoms with Crippen LogP contribution in [0.4, 0.5) is 0 Å². The van der Waals surface area contributed by atoms with Crippen LogP contribution in [-0.2, 0) is 65.4 Å². The van der Waals surface area contributed by atoms with Gasteiger partial charge in [0, 0.05) is 25.7 Å². The molecule has 19 heteroatoms. The van der Waals surface area contributed by atoms with Gasteiger partial charge in [0.25, 0.3) is 0 Å².